The molecule has 0 bridgehead atoms. The van der Waals surface area contributed by atoms with Crippen molar-refractivity contribution in [3.05, 3.63) is 93.0 Å². The van der Waals surface area contributed by atoms with Crippen molar-refractivity contribution in [2.24, 2.45) is 0 Å². The molecule has 4 nitrogen and oxygen atoms in total. The van der Waals surface area contributed by atoms with Crippen molar-refractivity contribution in [2.75, 3.05) is 0 Å². The molecule has 0 radical (unpaired) electrons. The first kappa shape index (κ1) is 17.7. The van der Waals surface area contributed by atoms with E-state index in [0.717, 1.165) is 23.0 Å². The normalized spacial score (nSPS) is 10.4. The van der Waals surface area contributed by atoms with Crippen molar-refractivity contribution < 1.29 is 4.79 Å². The number of carbonyl (C=O) groups excluding carboxylic acids is 1. The van der Waals surface area contributed by atoms with E-state index >= 15 is 0 Å². The second-order valence-corrected chi connectivity index (χ2v) is 7.07. The summed E-state index contributed by atoms with van der Waals surface area (Å²) in [6, 6.07) is 20.6. The highest BCUT2D eigenvalue weighted by molar-refractivity contribution is 7.12. The van der Waals surface area contributed by atoms with E-state index in [2.05, 4.69) is 11.1 Å². The number of benzene rings is 2. The number of H-pyrrole nitrogens is 1. The fraction of sp³-hybridized carbons (Fsp3) is 0. The summed E-state index contributed by atoms with van der Waals surface area (Å²) in [7, 11) is 0. The lowest BCUT2D eigenvalue weighted by Gasteiger charge is -2.15. The maximum absolute atomic E-state index is 12.9. The van der Waals surface area contributed by atoms with E-state index in [0.29, 0.717) is 27.1 Å². The summed E-state index contributed by atoms with van der Waals surface area (Å²) in [5.41, 5.74) is 4.17. The molecule has 2 aromatic carbocycles. The van der Waals surface area contributed by atoms with Gasteiger partial charge in [0.15, 0.2) is 6.29 Å². The average molecular weight is 382 g/mol. The van der Waals surface area contributed by atoms with Crippen LogP contribution in [-0.2, 0) is 0 Å². The number of nitriles is 1. The van der Waals surface area contributed by atoms with E-state index < -0.39 is 0 Å². The lowest BCUT2D eigenvalue weighted by Crippen LogP contribution is -2.12. The van der Waals surface area contributed by atoms with Crippen LogP contribution in [0.1, 0.15) is 15.2 Å². The van der Waals surface area contributed by atoms with Gasteiger partial charge in [-0.15, -0.1) is 11.3 Å². The Morgan fingerprint density at radius 1 is 0.893 bits per heavy atom. The molecule has 0 unspecified atom stereocenters. The SMILES string of the molecule is N#Cc1ccccc1-c1c(-c2ccccc2)c(-c2ccsc2C=O)c[nH]c1=O. The van der Waals surface area contributed by atoms with Crippen molar-refractivity contribution in [3.8, 4) is 39.4 Å². The highest BCUT2D eigenvalue weighted by atomic mass is 32.1. The number of thiophene rings is 1. The topological polar surface area (TPSA) is 73.7 Å². The number of rotatable bonds is 4. The van der Waals surface area contributed by atoms with Gasteiger partial charge in [0, 0.05) is 28.5 Å². The smallest absolute Gasteiger partial charge is 0.256 e. The Kier molecular flexibility index (Phi) is 4.71. The van der Waals surface area contributed by atoms with Gasteiger partial charge in [0.2, 0.25) is 0 Å². The molecule has 0 saturated carbocycles. The minimum absolute atomic E-state index is 0.284. The molecule has 0 spiro atoms. The van der Waals surface area contributed by atoms with Gasteiger partial charge < -0.3 is 4.98 Å². The molecule has 28 heavy (non-hydrogen) atoms. The van der Waals surface area contributed by atoms with Crippen LogP contribution in [0.3, 0.4) is 0 Å². The molecule has 134 valence electrons. The molecule has 0 amide bonds. The van der Waals surface area contributed by atoms with Crippen LogP contribution in [0.2, 0.25) is 0 Å². The number of aromatic nitrogens is 1. The second-order valence-electron chi connectivity index (χ2n) is 6.12. The van der Waals surface area contributed by atoms with Crippen molar-refractivity contribution in [2.45, 2.75) is 0 Å². The van der Waals surface area contributed by atoms with E-state index in [4.69, 9.17) is 0 Å². The maximum atomic E-state index is 12.9. The van der Waals surface area contributed by atoms with Crippen LogP contribution in [-0.4, -0.2) is 11.3 Å². The Labute approximate surface area is 165 Å². The van der Waals surface area contributed by atoms with Crippen molar-refractivity contribution in [3.63, 3.8) is 0 Å². The van der Waals surface area contributed by atoms with Gasteiger partial charge in [0.25, 0.3) is 5.56 Å². The zero-order valence-electron chi connectivity index (χ0n) is 14.7. The standard InChI is InChI=1S/C23H14N2O2S/c24-12-16-8-4-5-9-17(16)22-21(15-6-2-1-3-7-15)19(13-25-23(22)27)18-10-11-28-20(18)14-26/h1-11,13-14H,(H,25,27). The molecular formula is C23H14N2O2S. The van der Waals surface area contributed by atoms with Gasteiger partial charge in [-0.2, -0.15) is 5.26 Å². The van der Waals surface area contributed by atoms with Crippen molar-refractivity contribution >= 4 is 17.6 Å². The predicted octanol–water partition coefficient (Wildman–Crippen LogP) is 5.12. The number of nitrogens with one attached hydrogen (secondary N) is 1. The summed E-state index contributed by atoms with van der Waals surface area (Å²) in [6.07, 6.45) is 2.46. The third-order valence-corrected chi connectivity index (χ3v) is 5.41. The molecule has 5 heteroatoms. The number of hydrogen-bond acceptors (Lipinski definition) is 4. The number of aldehydes is 1. The quantitative estimate of drug-likeness (QED) is 0.498. The number of pyridine rings is 1. The van der Waals surface area contributed by atoms with Crippen molar-refractivity contribution in [1.82, 2.24) is 4.98 Å². The Morgan fingerprint density at radius 3 is 2.39 bits per heavy atom. The minimum Gasteiger partial charge on any atom is -0.328 e. The first-order valence-electron chi connectivity index (χ1n) is 8.58. The lowest BCUT2D eigenvalue weighted by atomic mass is 9.88. The van der Waals surface area contributed by atoms with E-state index in [-0.39, 0.29) is 5.56 Å². The Morgan fingerprint density at radius 2 is 1.64 bits per heavy atom. The minimum atomic E-state index is -0.284. The number of nitrogens with zero attached hydrogens (tertiary/aromatic N) is 1. The molecule has 0 fully saturated rings. The summed E-state index contributed by atoms with van der Waals surface area (Å²) < 4.78 is 0. The monoisotopic (exact) mass is 382 g/mol. The summed E-state index contributed by atoms with van der Waals surface area (Å²) in [5.74, 6) is 0. The zero-order valence-corrected chi connectivity index (χ0v) is 15.5. The maximum Gasteiger partial charge on any atom is 0.256 e. The van der Waals surface area contributed by atoms with Crippen LogP contribution in [0.15, 0.2) is 77.0 Å². The third-order valence-electron chi connectivity index (χ3n) is 4.57. The summed E-state index contributed by atoms with van der Waals surface area (Å²) >= 11 is 1.35. The molecule has 2 heterocycles. The fourth-order valence-electron chi connectivity index (χ4n) is 3.34. The van der Waals surface area contributed by atoms with Gasteiger partial charge in [0.05, 0.1) is 22.1 Å². The molecule has 0 aliphatic rings. The molecule has 0 aliphatic heterocycles. The fourth-order valence-corrected chi connectivity index (χ4v) is 4.05. The molecule has 2 aromatic heterocycles. The predicted molar refractivity (Wildman–Crippen MR) is 111 cm³/mol. The van der Waals surface area contributed by atoms with E-state index in [1.807, 2.05) is 41.8 Å². The van der Waals surface area contributed by atoms with Crippen LogP contribution < -0.4 is 5.56 Å². The summed E-state index contributed by atoms with van der Waals surface area (Å²) in [4.78, 5) is 27.8. The first-order valence-corrected chi connectivity index (χ1v) is 9.46. The van der Waals surface area contributed by atoms with Gasteiger partial charge in [-0.05, 0) is 23.1 Å². The number of aromatic amines is 1. The van der Waals surface area contributed by atoms with E-state index in [1.165, 1.54) is 11.3 Å². The molecule has 4 aromatic rings. The average Bonchev–Trinajstić information content (AvgIpc) is 3.23. The van der Waals surface area contributed by atoms with Crippen LogP contribution >= 0.6 is 11.3 Å². The second kappa shape index (κ2) is 7.47. The van der Waals surface area contributed by atoms with Crippen LogP contribution in [0.4, 0.5) is 0 Å². The van der Waals surface area contributed by atoms with Crippen LogP contribution in [0, 0.1) is 11.3 Å². The van der Waals surface area contributed by atoms with Crippen LogP contribution in [0.25, 0.3) is 33.4 Å². The molecule has 0 atom stereocenters. The van der Waals surface area contributed by atoms with Gasteiger partial charge >= 0.3 is 0 Å². The highest BCUT2D eigenvalue weighted by Gasteiger charge is 2.21. The van der Waals surface area contributed by atoms with Gasteiger partial charge in [-0.3, -0.25) is 9.59 Å². The summed E-state index contributed by atoms with van der Waals surface area (Å²) in [5, 5.41) is 11.4. The molecule has 0 aliphatic carbocycles. The van der Waals surface area contributed by atoms with E-state index in [1.54, 1.807) is 30.5 Å². The van der Waals surface area contributed by atoms with Gasteiger partial charge in [-0.25, -0.2) is 0 Å². The Balaban J connectivity index is 2.15. The van der Waals surface area contributed by atoms with Gasteiger partial charge in [0.1, 0.15) is 0 Å². The lowest BCUT2D eigenvalue weighted by molar-refractivity contribution is 0.112. The highest BCUT2D eigenvalue weighted by Crippen LogP contribution is 2.40. The third kappa shape index (κ3) is 2.96. The zero-order chi connectivity index (χ0) is 19.5. The number of hydrogen-bond donors (Lipinski definition) is 1. The summed E-state index contributed by atoms with van der Waals surface area (Å²) in [6.45, 7) is 0. The Hall–Kier alpha value is -3.75. The largest absolute Gasteiger partial charge is 0.328 e. The van der Waals surface area contributed by atoms with Crippen LogP contribution in [0.5, 0.6) is 0 Å². The molecule has 1 N–H and O–H groups in total. The molecular weight excluding hydrogens is 368 g/mol. The van der Waals surface area contributed by atoms with Gasteiger partial charge in [-0.1, -0.05) is 48.5 Å². The molecule has 4 rings (SSSR count). The van der Waals surface area contributed by atoms with E-state index in [9.17, 15) is 14.9 Å². The van der Waals surface area contributed by atoms with Crippen molar-refractivity contribution in [1.29, 1.82) is 5.26 Å². The first-order chi connectivity index (χ1) is 13.7. The Bertz CT molecular complexity index is 1260. The molecule has 0 saturated heterocycles. The number of carbonyl (C=O) groups is 1.